The highest BCUT2D eigenvalue weighted by Gasteiger charge is 2.28. The average molecular weight is 209 g/mol. The second kappa shape index (κ2) is 4.02. The van der Waals surface area contributed by atoms with Crippen molar-refractivity contribution in [2.24, 2.45) is 5.73 Å². The van der Waals surface area contributed by atoms with Crippen molar-refractivity contribution >= 4 is 0 Å². The summed E-state index contributed by atoms with van der Waals surface area (Å²) in [7, 11) is 0. The van der Waals surface area contributed by atoms with Crippen molar-refractivity contribution in [2.45, 2.75) is 38.5 Å². The van der Waals surface area contributed by atoms with Crippen molar-refractivity contribution in [3.05, 3.63) is 22.7 Å². The predicted molar refractivity (Wildman–Crippen MR) is 55.8 cm³/mol. The molecule has 0 spiro atoms. The van der Waals surface area contributed by atoms with Crippen LogP contribution in [0.2, 0.25) is 0 Å². The van der Waals surface area contributed by atoms with Gasteiger partial charge in [-0.3, -0.25) is 4.79 Å². The van der Waals surface area contributed by atoms with Crippen LogP contribution >= 0.6 is 0 Å². The van der Waals surface area contributed by atoms with Crippen LogP contribution in [0.4, 0.5) is 0 Å². The van der Waals surface area contributed by atoms with Crippen molar-refractivity contribution in [3.63, 3.8) is 0 Å². The molecule has 2 rings (SSSR count). The third-order valence-corrected chi connectivity index (χ3v) is 2.63. The van der Waals surface area contributed by atoms with E-state index in [1.165, 1.54) is 0 Å². The lowest BCUT2D eigenvalue weighted by Gasteiger charge is -2.31. The lowest BCUT2D eigenvalue weighted by atomic mass is 9.90. The number of aryl methyl sites for hydroxylation is 1. The molecule has 0 aromatic carbocycles. The van der Waals surface area contributed by atoms with Crippen LogP contribution in [-0.4, -0.2) is 21.7 Å². The summed E-state index contributed by atoms with van der Waals surface area (Å²) in [5.41, 5.74) is 5.47. The summed E-state index contributed by atoms with van der Waals surface area (Å²) in [6.45, 7) is 2.53. The maximum absolute atomic E-state index is 11.7. The molecule has 1 fully saturated rings. The fraction of sp³-hybridized carbons (Fsp3) is 0.600. The number of hydrogen-bond donors (Lipinski definition) is 1. The van der Waals surface area contributed by atoms with Crippen LogP contribution < -0.4 is 16.0 Å². The van der Waals surface area contributed by atoms with Crippen LogP contribution in [0.3, 0.4) is 0 Å². The molecule has 15 heavy (non-hydrogen) atoms. The first-order valence-corrected chi connectivity index (χ1v) is 5.18. The number of nitrogens with zero attached hydrogens (tertiary/aromatic N) is 2. The Morgan fingerprint density at radius 3 is 3.00 bits per heavy atom. The fourth-order valence-corrected chi connectivity index (χ4v) is 1.62. The number of rotatable bonds is 3. The Hall–Kier alpha value is -1.36. The van der Waals surface area contributed by atoms with E-state index in [1.54, 1.807) is 17.0 Å². The van der Waals surface area contributed by atoms with E-state index in [4.69, 9.17) is 10.5 Å². The van der Waals surface area contributed by atoms with Gasteiger partial charge in [0.05, 0.1) is 0 Å². The lowest BCUT2D eigenvalue weighted by molar-refractivity contribution is 0.0933. The molecule has 1 aliphatic rings. The molecular weight excluding hydrogens is 194 g/mol. The molecule has 1 heterocycles. The molecule has 1 aromatic heterocycles. The Kier molecular flexibility index (Phi) is 2.73. The maximum Gasteiger partial charge on any atom is 0.313 e. The van der Waals surface area contributed by atoms with Gasteiger partial charge in [-0.05, 0) is 19.8 Å². The molecule has 5 heteroatoms. The zero-order valence-electron chi connectivity index (χ0n) is 8.72. The topological polar surface area (TPSA) is 70.1 Å². The summed E-state index contributed by atoms with van der Waals surface area (Å²) in [4.78, 5) is 15.6. The molecule has 1 aromatic rings. The number of ether oxygens (including phenoxy) is 1. The Balaban J connectivity index is 2.11. The van der Waals surface area contributed by atoms with Crippen LogP contribution in [0, 0.1) is 0 Å². The zero-order valence-corrected chi connectivity index (χ0v) is 8.72. The molecule has 0 aliphatic heterocycles. The van der Waals surface area contributed by atoms with Crippen LogP contribution in [0.1, 0.15) is 19.8 Å². The number of nitrogens with two attached hydrogens (primary N) is 1. The van der Waals surface area contributed by atoms with E-state index in [0.29, 0.717) is 6.54 Å². The van der Waals surface area contributed by atoms with Crippen molar-refractivity contribution < 1.29 is 4.74 Å². The quantitative estimate of drug-likeness (QED) is 0.768. The second-order valence-electron chi connectivity index (χ2n) is 3.79. The molecule has 0 radical (unpaired) electrons. The molecule has 5 nitrogen and oxygen atoms in total. The van der Waals surface area contributed by atoms with Gasteiger partial charge < -0.3 is 15.0 Å². The Labute approximate surface area is 87.9 Å². The third kappa shape index (κ3) is 2.02. The van der Waals surface area contributed by atoms with Crippen molar-refractivity contribution in [2.75, 3.05) is 0 Å². The van der Waals surface area contributed by atoms with Crippen LogP contribution in [0.15, 0.2) is 17.2 Å². The number of hydrogen-bond acceptors (Lipinski definition) is 4. The smallest absolute Gasteiger partial charge is 0.313 e. The van der Waals surface area contributed by atoms with Gasteiger partial charge in [-0.25, -0.2) is 4.98 Å². The van der Waals surface area contributed by atoms with Crippen molar-refractivity contribution in [1.29, 1.82) is 0 Å². The summed E-state index contributed by atoms with van der Waals surface area (Å²) >= 11 is 0. The highest BCUT2D eigenvalue weighted by molar-refractivity contribution is 5.06. The minimum absolute atomic E-state index is 0.0629. The lowest BCUT2D eigenvalue weighted by Crippen LogP contribution is -2.44. The molecule has 0 unspecified atom stereocenters. The first-order chi connectivity index (χ1) is 7.20. The van der Waals surface area contributed by atoms with Gasteiger partial charge in [-0.15, -0.1) is 0 Å². The van der Waals surface area contributed by atoms with Gasteiger partial charge in [0.2, 0.25) is 0 Å². The fourth-order valence-electron chi connectivity index (χ4n) is 1.62. The molecule has 1 aliphatic carbocycles. The normalized spacial score (nSPS) is 24.7. The molecule has 0 amide bonds. The standard InChI is InChI=1S/C10H15N3O2/c1-2-13-4-3-12-9(10(13)14)15-8-5-7(11)6-8/h3-4,7-8H,2,5-6,11H2,1H3. The van der Waals surface area contributed by atoms with Gasteiger partial charge in [0.25, 0.3) is 5.88 Å². The summed E-state index contributed by atoms with van der Waals surface area (Å²) in [6.07, 6.45) is 4.91. The van der Waals surface area contributed by atoms with E-state index in [-0.39, 0.29) is 23.6 Å². The van der Waals surface area contributed by atoms with Crippen LogP contribution in [0.25, 0.3) is 0 Å². The summed E-state index contributed by atoms with van der Waals surface area (Å²) < 4.78 is 7.04. The summed E-state index contributed by atoms with van der Waals surface area (Å²) in [5, 5.41) is 0. The van der Waals surface area contributed by atoms with Gasteiger partial charge in [-0.2, -0.15) is 0 Å². The Bertz CT molecular complexity index is 396. The van der Waals surface area contributed by atoms with Crippen LogP contribution in [-0.2, 0) is 6.54 Å². The molecule has 0 atom stereocenters. The van der Waals surface area contributed by atoms with Crippen LogP contribution in [0.5, 0.6) is 5.88 Å². The first kappa shape index (κ1) is 10.2. The van der Waals surface area contributed by atoms with E-state index >= 15 is 0 Å². The molecule has 0 bridgehead atoms. The number of aromatic nitrogens is 2. The van der Waals surface area contributed by atoms with Gasteiger partial charge in [-0.1, -0.05) is 0 Å². The highest BCUT2D eigenvalue weighted by atomic mass is 16.5. The van der Waals surface area contributed by atoms with Crippen molar-refractivity contribution in [3.8, 4) is 5.88 Å². The first-order valence-electron chi connectivity index (χ1n) is 5.18. The molecule has 2 N–H and O–H groups in total. The van der Waals surface area contributed by atoms with E-state index in [0.717, 1.165) is 12.8 Å². The molecular formula is C10H15N3O2. The van der Waals surface area contributed by atoms with Gasteiger partial charge in [0, 0.05) is 25.0 Å². The van der Waals surface area contributed by atoms with Crippen molar-refractivity contribution in [1.82, 2.24) is 9.55 Å². The van der Waals surface area contributed by atoms with E-state index in [2.05, 4.69) is 4.98 Å². The third-order valence-electron chi connectivity index (χ3n) is 2.63. The minimum Gasteiger partial charge on any atom is -0.470 e. The van der Waals surface area contributed by atoms with Gasteiger partial charge >= 0.3 is 5.56 Å². The van der Waals surface area contributed by atoms with E-state index in [1.807, 2.05) is 6.92 Å². The zero-order chi connectivity index (χ0) is 10.8. The largest absolute Gasteiger partial charge is 0.470 e. The van der Waals surface area contributed by atoms with E-state index in [9.17, 15) is 4.79 Å². The molecule has 0 saturated heterocycles. The molecule has 82 valence electrons. The van der Waals surface area contributed by atoms with E-state index < -0.39 is 0 Å². The maximum atomic E-state index is 11.7. The molecule has 1 saturated carbocycles. The summed E-state index contributed by atoms with van der Waals surface area (Å²) in [6, 6.07) is 0.215. The monoisotopic (exact) mass is 209 g/mol. The highest BCUT2D eigenvalue weighted by Crippen LogP contribution is 2.21. The Morgan fingerprint density at radius 1 is 1.67 bits per heavy atom. The Morgan fingerprint density at radius 2 is 2.40 bits per heavy atom. The SMILES string of the molecule is CCn1ccnc(OC2CC(N)C2)c1=O. The predicted octanol–water partition coefficient (Wildman–Crippen LogP) is 0.132. The minimum atomic E-state index is -0.166. The average Bonchev–Trinajstić information content (AvgIpc) is 2.18. The second-order valence-corrected chi connectivity index (χ2v) is 3.79. The van der Waals surface area contributed by atoms with Gasteiger partial charge in [0.15, 0.2) is 0 Å². The van der Waals surface area contributed by atoms with Gasteiger partial charge in [0.1, 0.15) is 6.10 Å². The summed E-state index contributed by atoms with van der Waals surface area (Å²) in [5.74, 6) is 0.191.